The maximum Gasteiger partial charge on any atom is 0.416 e. The number of nitrogens with zero attached hydrogens (tertiary/aromatic N) is 2. The molecule has 7 nitrogen and oxygen atoms in total. The number of fused-ring (bicyclic) bond motifs is 1. The van der Waals surface area contributed by atoms with E-state index in [9.17, 15) is 27.5 Å². The lowest BCUT2D eigenvalue weighted by Crippen LogP contribution is -2.68. The highest BCUT2D eigenvalue weighted by atomic mass is 19.4. The molecule has 1 aromatic carbocycles. The fourth-order valence-electron chi connectivity index (χ4n) is 4.36. The molecule has 30 heavy (non-hydrogen) atoms. The molecule has 0 spiro atoms. The third kappa shape index (κ3) is 3.80. The average Bonchev–Trinajstić information content (AvgIpc) is 3.43. The van der Waals surface area contributed by atoms with Crippen LogP contribution in [0.5, 0.6) is 0 Å². The summed E-state index contributed by atoms with van der Waals surface area (Å²) < 4.78 is 53.8. The molecule has 166 valence electrons. The molecular weight excluding hydrogens is 406 g/mol. The summed E-state index contributed by atoms with van der Waals surface area (Å²) in [5.41, 5.74) is 2.22. The normalized spacial score (nSPS) is 31.0. The van der Waals surface area contributed by atoms with Crippen molar-refractivity contribution in [1.82, 2.24) is 26.0 Å². The Bertz CT molecular complexity index is 817. The quantitative estimate of drug-likeness (QED) is 0.521. The molecule has 5 atom stereocenters. The monoisotopic (exact) mass is 431 g/mol. The molecule has 2 aliphatic heterocycles. The molecule has 3 aliphatic rings. The van der Waals surface area contributed by atoms with Gasteiger partial charge in [0.05, 0.1) is 36.3 Å². The predicted molar refractivity (Wildman–Crippen MR) is 98.7 cm³/mol. The summed E-state index contributed by atoms with van der Waals surface area (Å²) in [6.45, 7) is -0.313. The molecule has 11 heteroatoms. The highest BCUT2D eigenvalue weighted by Crippen LogP contribution is 2.48. The van der Waals surface area contributed by atoms with Gasteiger partial charge in [0, 0.05) is 5.56 Å². The van der Waals surface area contributed by atoms with Gasteiger partial charge in [-0.15, -0.1) is 0 Å². The number of carbonyl (C=O) groups excluding carboxylic acids is 1. The van der Waals surface area contributed by atoms with Gasteiger partial charge in [0.25, 0.3) is 0 Å². The van der Waals surface area contributed by atoms with E-state index in [0.717, 1.165) is 18.9 Å². The second-order valence-corrected chi connectivity index (χ2v) is 8.35. The number of aliphatic hydroxyl groups excluding tert-OH is 1. The maximum atomic E-state index is 14.8. The second kappa shape index (κ2) is 7.72. The zero-order valence-electron chi connectivity index (χ0n) is 16.6. The van der Waals surface area contributed by atoms with Crippen LogP contribution in [0.2, 0.25) is 0 Å². The van der Waals surface area contributed by atoms with Gasteiger partial charge in [0.2, 0.25) is 5.91 Å². The maximum absolute atomic E-state index is 14.8. The smallest absolute Gasteiger partial charge is 0.395 e. The molecular formula is C19H25F4N5O2. The number of benzene rings is 1. The first-order valence-electron chi connectivity index (χ1n) is 9.86. The topological polar surface area (TPSA) is 79.9 Å². The number of hydrogen-bond donors (Lipinski definition) is 4. The van der Waals surface area contributed by atoms with Gasteiger partial charge in [0.1, 0.15) is 12.1 Å². The lowest BCUT2D eigenvalue weighted by molar-refractivity contribution is -0.138. The molecule has 0 radical (unpaired) electrons. The van der Waals surface area contributed by atoms with Gasteiger partial charge in [-0.3, -0.25) is 15.0 Å². The summed E-state index contributed by atoms with van der Waals surface area (Å²) in [6.07, 6.45) is -4.06. The third-order valence-electron chi connectivity index (χ3n) is 6.03. The summed E-state index contributed by atoms with van der Waals surface area (Å²) in [5.74, 6) is -1.79. The van der Waals surface area contributed by atoms with Gasteiger partial charge in [-0.25, -0.2) is 14.8 Å². The van der Waals surface area contributed by atoms with Crippen molar-refractivity contribution in [3.05, 3.63) is 35.1 Å². The van der Waals surface area contributed by atoms with Gasteiger partial charge in [0.15, 0.2) is 0 Å². The van der Waals surface area contributed by atoms with Gasteiger partial charge in [-0.1, -0.05) is 6.07 Å². The Kier molecular flexibility index (Phi) is 5.52. The summed E-state index contributed by atoms with van der Waals surface area (Å²) >= 11 is 0. The van der Waals surface area contributed by atoms with Crippen LogP contribution in [0.15, 0.2) is 18.2 Å². The SMILES string of the molecule is CN(C)C1NC(=O)C2C(CO)NN(C(c3ccc(C(F)(F)F)cc3F)C3CC3)C2N1. The number of halogens is 4. The zero-order chi connectivity index (χ0) is 21.8. The van der Waals surface area contributed by atoms with E-state index in [4.69, 9.17) is 0 Å². The number of hydrazine groups is 1. The lowest BCUT2D eigenvalue weighted by Gasteiger charge is -2.42. The highest BCUT2D eigenvalue weighted by molar-refractivity contribution is 5.81. The molecule has 4 N–H and O–H groups in total. The Morgan fingerprint density at radius 1 is 1.30 bits per heavy atom. The van der Waals surface area contributed by atoms with Crippen LogP contribution in [-0.4, -0.2) is 60.1 Å². The fourth-order valence-corrected chi connectivity index (χ4v) is 4.36. The van der Waals surface area contributed by atoms with Crippen molar-refractivity contribution in [2.24, 2.45) is 11.8 Å². The lowest BCUT2D eigenvalue weighted by atomic mass is 9.94. The number of hydrogen-bond acceptors (Lipinski definition) is 6. The van der Waals surface area contributed by atoms with E-state index >= 15 is 0 Å². The molecule has 3 fully saturated rings. The van der Waals surface area contributed by atoms with E-state index < -0.39 is 48.0 Å². The molecule has 5 unspecified atom stereocenters. The first kappa shape index (κ1) is 21.4. The van der Waals surface area contributed by atoms with E-state index in [1.54, 1.807) is 24.0 Å². The molecule has 1 aliphatic carbocycles. The van der Waals surface area contributed by atoms with Crippen LogP contribution in [0.4, 0.5) is 17.6 Å². The third-order valence-corrected chi connectivity index (χ3v) is 6.03. The van der Waals surface area contributed by atoms with Crippen LogP contribution in [0.3, 0.4) is 0 Å². The van der Waals surface area contributed by atoms with Crippen LogP contribution < -0.4 is 16.1 Å². The van der Waals surface area contributed by atoms with Crippen LogP contribution in [-0.2, 0) is 11.0 Å². The first-order chi connectivity index (χ1) is 14.1. The van der Waals surface area contributed by atoms with Gasteiger partial charge < -0.3 is 10.4 Å². The van der Waals surface area contributed by atoms with Crippen molar-refractivity contribution >= 4 is 5.91 Å². The van der Waals surface area contributed by atoms with Gasteiger partial charge in [-0.05, 0) is 45.0 Å². The van der Waals surface area contributed by atoms with Crippen molar-refractivity contribution in [1.29, 1.82) is 0 Å². The Morgan fingerprint density at radius 2 is 2.00 bits per heavy atom. The molecule has 0 aromatic heterocycles. The molecule has 1 aromatic rings. The van der Waals surface area contributed by atoms with Crippen LogP contribution in [0.25, 0.3) is 0 Å². The van der Waals surface area contributed by atoms with Crippen molar-refractivity contribution in [3.8, 4) is 0 Å². The Labute approximate surface area is 171 Å². The van der Waals surface area contributed by atoms with E-state index in [0.29, 0.717) is 6.07 Å². The number of rotatable bonds is 5. The van der Waals surface area contributed by atoms with E-state index in [1.807, 2.05) is 0 Å². The fraction of sp³-hybridized carbons (Fsp3) is 0.632. The minimum Gasteiger partial charge on any atom is -0.395 e. The van der Waals surface area contributed by atoms with Crippen molar-refractivity contribution < 1.29 is 27.5 Å². The standard InChI is InChI=1S/C19H25F4N5O2/c1-27(2)18-24-16-14(17(30)25-18)13(8-29)26-28(16)15(9-3-4-9)11-6-5-10(7-12(11)20)19(21,22)23/h5-7,9,13-16,18,24,26,29H,3-4,8H2,1-2H3,(H,25,30). The predicted octanol–water partition coefficient (Wildman–Crippen LogP) is 0.984. The van der Waals surface area contributed by atoms with Gasteiger partial charge >= 0.3 is 6.18 Å². The van der Waals surface area contributed by atoms with Crippen LogP contribution in [0.1, 0.15) is 30.0 Å². The molecule has 4 rings (SSSR count). The molecule has 2 saturated heterocycles. The minimum absolute atomic E-state index is 0.0337. The first-order valence-corrected chi connectivity index (χ1v) is 9.86. The van der Waals surface area contributed by atoms with Crippen molar-refractivity contribution in [2.45, 2.75) is 43.6 Å². The second-order valence-electron chi connectivity index (χ2n) is 8.35. The summed E-state index contributed by atoms with van der Waals surface area (Å²) in [5, 5.41) is 17.6. The number of alkyl halides is 3. The summed E-state index contributed by atoms with van der Waals surface area (Å²) in [7, 11) is 3.56. The molecule has 2 heterocycles. The van der Waals surface area contributed by atoms with E-state index in [2.05, 4.69) is 16.1 Å². The van der Waals surface area contributed by atoms with Crippen molar-refractivity contribution in [3.63, 3.8) is 0 Å². The Hall–Kier alpha value is -1.79. The summed E-state index contributed by atoms with van der Waals surface area (Å²) in [4.78, 5) is 14.5. The highest BCUT2D eigenvalue weighted by Gasteiger charge is 2.54. The minimum atomic E-state index is -4.63. The van der Waals surface area contributed by atoms with E-state index in [-0.39, 0.29) is 24.0 Å². The Balaban J connectivity index is 1.70. The number of nitrogens with one attached hydrogen (secondary N) is 3. The number of amides is 1. The largest absolute Gasteiger partial charge is 0.416 e. The summed E-state index contributed by atoms with van der Waals surface area (Å²) in [6, 6.07) is 1.41. The zero-order valence-corrected chi connectivity index (χ0v) is 16.6. The average molecular weight is 431 g/mol. The van der Waals surface area contributed by atoms with Crippen molar-refractivity contribution in [2.75, 3.05) is 20.7 Å². The Morgan fingerprint density at radius 3 is 2.53 bits per heavy atom. The number of carbonyl (C=O) groups is 1. The molecule has 1 saturated carbocycles. The molecule has 0 bridgehead atoms. The number of aliphatic hydroxyl groups is 1. The van der Waals surface area contributed by atoms with Crippen LogP contribution >= 0.6 is 0 Å². The van der Waals surface area contributed by atoms with Crippen LogP contribution in [0, 0.1) is 17.7 Å². The van der Waals surface area contributed by atoms with Gasteiger partial charge in [-0.2, -0.15) is 13.2 Å². The van der Waals surface area contributed by atoms with E-state index in [1.165, 1.54) is 6.07 Å². The molecule has 1 amide bonds.